The minimum Gasteiger partial charge on any atom is -0.345 e. The number of Topliss-reactive ketones (excluding diaryl/α,β-unsaturated/α-hetero) is 1. The van der Waals surface area contributed by atoms with Gasteiger partial charge in [0, 0.05) is 36.5 Å². The molecule has 0 aliphatic carbocycles. The number of nitrogens with zero attached hydrogens (tertiary/aromatic N) is 4. The Morgan fingerprint density at radius 3 is 2.96 bits per heavy atom. The molecule has 3 heterocycles. The standard InChI is InChI=1S/C18H24N4OS/c1-4-9-21-13(2)11-15(14(21)3)16(23)12-24-18-20-19-17-8-6-5-7-10-22(17)18/h4,11H,1,5-10,12H2,2-3H3. The quantitative estimate of drug-likeness (QED) is 0.456. The van der Waals surface area contributed by atoms with Gasteiger partial charge in [-0.3, -0.25) is 4.79 Å². The molecule has 2 aromatic heterocycles. The minimum absolute atomic E-state index is 0.148. The monoisotopic (exact) mass is 344 g/mol. The molecule has 0 fully saturated rings. The van der Waals surface area contributed by atoms with Crippen LogP contribution in [0.4, 0.5) is 0 Å². The molecule has 3 rings (SSSR count). The van der Waals surface area contributed by atoms with Crippen LogP contribution >= 0.6 is 11.8 Å². The van der Waals surface area contributed by atoms with Crippen molar-refractivity contribution in [2.24, 2.45) is 0 Å². The Morgan fingerprint density at radius 2 is 2.17 bits per heavy atom. The number of carbonyl (C=O) groups is 1. The van der Waals surface area contributed by atoms with Crippen molar-refractivity contribution in [1.82, 2.24) is 19.3 Å². The summed E-state index contributed by atoms with van der Waals surface area (Å²) in [7, 11) is 0. The molecule has 0 unspecified atom stereocenters. The van der Waals surface area contributed by atoms with E-state index < -0.39 is 0 Å². The van der Waals surface area contributed by atoms with Crippen molar-refractivity contribution < 1.29 is 4.79 Å². The molecule has 24 heavy (non-hydrogen) atoms. The van der Waals surface area contributed by atoms with E-state index in [1.54, 1.807) is 0 Å². The zero-order chi connectivity index (χ0) is 17.1. The van der Waals surface area contributed by atoms with Crippen molar-refractivity contribution >= 4 is 17.5 Å². The van der Waals surface area contributed by atoms with E-state index in [1.807, 2.05) is 26.0 Å². The van der Waals surface area contributed by atoms with Gasteiger partial charge < -0.3 is 9.13 Å². The van der Waals surface area contributed by atoms with Crippen LogP contribution in [0.15, 0.2) is 23.9 Å². The van der Waals surface area contributed by atoms with Gasteiger partial charge in [0.15, 0.2) is 10.9 Å². The number of carbonyl (C=O) groups excluding carboxylic acids is 1. The lowest BCUT2D eigenvalue weighted by Gasteiger charge is -2.07. The lowest BCUT2D eigenvalue weighted by molar-refractivity contribution is 0.102. The number of rotatable bonds is 6. The van der Waals surface area contributed by atoms with Gasteiger partial charge in [-0.25, -0.2) is 0 Å². The molecule has 0 atom stereocenters. The summed E-state index contributed by atoms with van der Waals surface area (Å²) < 4.78 is 4.31. The number of aromatic nitrogens is 4. The highest BCUT2D eigenvalue weighted by Gasteiger charge is 2.19. The predicted molar refractivity (Wildman–Crippen MR) is 96.7 cm³/mol. The van der Waals surface area contributed by atoms with Crippen molar-refractivity contribution in [3.63, 3.8) is 0 Å². The second-order valence-corrected chi connectivity index (χ2v) is 7.20. The first-order valence-corrected chi connectivity index (χ1v) is 9.46. The van der Waals surface area contributed by atoms with E-state index in [-0.39, 0.29) is 5.78 Å². The summed E-state index contributed by atoms with van der Waals surface area (Å²) in [6.07, 6.45) is 6.42. The number of allylic oxidation sites excluding steroid dienone is 1. The normalized spacial score (nSPS) is 14.2. The van der Waals surface area contributed by atoms with Crippen molar-refractivity contribution in [1.29, 1.82) is 0 Å². The van der Waals surface area contributed by atoms with Crippen LogP contribution in [0.2, 0.25) is 0 Å². The molecule has 0 amide bonds. The van der Waals surface area contributed by atoms with Gasteiger partial charge in [0.1, 0.15) is 5.82 Å². The maximum absolute atomic E-state index is 12.6. The smallest absolute Gasteiger partial charge is 0.191 e. The number of thioether (sulfide) groups is 1. The van der Waals surface area contributed by atoms with Crippen molar-refractivity contribution in [2.45, 2.75) is 57.8 Å². The number of hydrogen-bond donors (Lipinski definition) is 0. The SMILES string of the molecule is C=CCn1c(C)cc(C(=O)CSc2nnc3n2CCCCC3)c1C. The molecule has 0 saturated heterocycles. The van der Waals surface area contributed by atoms with E-state index in [9.17, 15) is 4.79 Å². The van der Waals surface area contributed by atoms with E-state index in [2.05, 4.69) is 25.9 Å². The molecule has 1 aliphatic heterocycles. The maximum Gasteiger partial charge on any atom is 0.191 e. The van der Waals surface area contributed by atoms with E-state index in [0.717, 1.165) is 53.9 Å². The van der Waals surface area contributed by atoms with Crippen LogP contribution in [-0.2, 0) is 19.5 Å². The van der Waals surface area contributed by atoms with Crippen LogP contribution in [-0.4, -0.2) is 30.9 Å². The van der Waals surface area contributed by atoms with Gasteiger partial charge in [-0.1, -0.05) is 24.3 Å². The Kier molecular flexibility index (Phi) is 5.23. The van der Waals surface area contributed by atoms with Crippen LogP contribution in [0.5, 0.6) is 0 Å². The maximum atomic E-state index is 12.6. The van der Waals surface area contributed by atoms with E-state index >= 15 is 0 Å². The number of ketones is 1. The molecule has 2 aromatic rings. The summed E-state index contributed by atoms with van der Waals surface area (Å²) in [6, 6.07) is 1.98. The van der Waals surface area contributed by atoms with Crippen LogP contribution in [0.3, 0.4) is 0 Å². The average Bonchev–Trinajstić information content (AvgIpc) is 2.97. The van der Waals surface area contributed by atoms with Crippen LogP contribution in [0, 0.1) is 13.8 Å². The topological polar surface area (TPSA) is 52.7 Å². The Morgan fingerprint density at radius 1 is 1.33 bits per heavy atom. The molecule has 5 nitrogen and oxygen atoms in total. The minimum atomic E-state index is 0.148. The Hall–Kier alpha value is -1.82. The molecular weight excluding hydrogens is 320 g/mol. The zero-order valence-electron chi connectivity index (χ0n) is 14.4. The van der Waals surface area contributed by atoms with E-state index in [1.165, 1.54) is 24.6 Å². The summed E-state index contributed by atoms with van der Waals surface area (Å²) in [4.78, 5) is 12.6. The first-order chi connectivity index (χ1) is 11.6. The Bertz CT molecular complexity index is 759. The highest BCUT2D eigenvalue weighted by molar-refractivity contribution is 7.99. The molecule has 1 aliphatic rings. The third kappa shape index (κ3) is 3.34. The van der Waals surface area contributed by atoms with Gasteiger partial charge in [0.25, 0.3) is 0 Å². The van der Waals surface area contributed by atoms with Crippen molar-refractivity contribution in [2.75, 3.05) is 5.75 Å². The molecule has 0 N–H and O–H groups in total. The van der Waals surface area contributed by atoms with Crippen LogP contribution in [0.25, 0.3) is 0 Å². The molecule has 0 bridgehead atoms. The number of hydrogen-bond acceptors (Lipinski definition) is 4. The van der Waals surface area contributed by atoms with Gasteiger partial charge in [-0.2, -0.15) is 0 Å². The highest BCUT2D eigenvalue weighted by Crippen LogP contribution is 2.24. The number of fused-ring (bicyclic) bond motifs is 1. The van der Waals surface area contributed by atoms with Gasteiger partial charge in [0.05, 0.1) is 5.75 Å². The third-order valence-corrected chi connectivity index (χ3v) is 5.56. The van der Waals surface area contributed by atoms with Crippen LogP contribution < -0.4 is 0 Å². The van der Waals surface area contributed by atoms with E-state index in [0.29, 0.717) is 5.75 Å². The molecule has 0 radical (unpaired) electrons. The van der Waals surface area contributed by atoms with Crippen molar-refractivity contribution in [3.05, 3.63) is 41.5 Å². The largest absolute Gasteiger partial charge is 0.345 e. The Balaban J connectivity index is 1.71. The van der Waals surface area contributed by atoms with Crippen molar-refractivity contribution in [3.8, 4) is 0 Å². The highest BCUT2D eigenvalue weighted by atomic mass is 32.2. The number of aryl methyl sites for hydroxylation is 2. The lowest BCUT2D eigenvalue weighted by Crippen LogP contribution is -2.08. The zero-order valence-corrected chi connectivity index (χ0v) is 15.2. The first-order valence-electron chi connectivity index (χ1n) is 8.47. The summed E-state index contributed by atoms with van der Waals surface area (Å²) in [6.45, 7) is 9.50. The van der Waals surface area contributed by atoms with Crippen LogP contribution in [0.1, 0.15) is 46.8 Å². The fourth-order valence-corrected chi connectivity index (χ4v) is 4.13. The van der Waals surface area contributed by atoms with Gasteiger partial charge in [-0.05, 0) is 32.8 Å². The molecule has 6 heteroatoms. The summed E-state index contributed by atoms with van der Waals surface area (Å²) in [5, 5.41) is 9.45. The molecule has 0 aromatic carbocycles. The third-order valence-electron chi connectivity index (χ3n) is 4.59. The van der Waals surface area contributed by atoms with E-state index in [4.69, 9.17) is 0 Å². The van der Waals surface area contributed by atoms with Gasteiger partial charge in [0.2, 0.25) is 0 Å². The fourth-order valence-electron chi connectivity index (χ4n) is 3.27. The molecule has 128 valence electrons. The molecule has 0 spiro atoms. The molecule has 0 saturated carbocycles. The second-order valence-electron chi connectivity index (χ2n) is 6.26. The lowest BCUT2D eigenvalue weighted by atomic mass is 10.2. The fraction of sp³-hybridized carbons (Fsp3) is 0.500. The molecular formula is C18H24N4OS. The van der Waals surface area contributed by atoms with Gasteiger partial charge >= 0.3 is 0 Å². The second kappa shape index (κ2) is 7.38. The summed E-state index contributed by atoms with van der Waals surface area (Å²) in [5.41, 5.74) is 2.91. The Labute approximate surface area is 147 Å². The van der Waals surface area contributed by atoms with Gasteiger partial charge in [-0.15, -0.1) is 16.8 Å². The summed E-state index contributed by atoms with van der Waals surface area (Å²) in [5.74, 6) is 1.61. The predicted octanol–water partition coefficient (Wildman–Crippen LogP) is 3.58. The average molecular weight is 344 g/mol. The first kappa shape index (κ1) is 17.0. The summed E-state index contributed by atoms with van der Waals surface area (Å²) >= 11 is 1.50.